The van der Waals surface area contributed by atoms with Crippen LogP contribution in [0.3, 0.4) is 0 Å². The predicted octanol–water partition coefficient (Wildman–Crippen LogP) is 2.65. The van der Waals surface area contributed by atoms with Crippen molar-refractivity contribution in [2.24, 2.45) is 11.7 Å². The van der Waals surface area contributed by atoms with Gasteiger partial charge in [-0.2, -0.15) is 0 Å². The normalized spacial score (nSPS) is 16.2. The van der Waals surface area contributed by atoms with Gasteiger partial charge in [-0.3, -0.25) is 4.79 Å². The highest BCUT2D eigenvalue weighted by atomic mass is 32.2. The van der Waals surface area contributed by atoms with E-state index in [2.05, 4.69) is 0 Å². The number of amides is 1. The maximum atomic E-state index is 11.3. The summed E-state index contributed by atoms with van der Waals surface area (Å²) in [4.78, 5) is 12.2. The molecular weight excluding hydrogens is 232 g/mol. The van der Waals surface area contributed by atoms with Crippen molar-refractivity contribution >= 4 is 23.4 Å². The Labute approximate surface area is 106 Å². The molecular formula is C13H18N2OS. The molecule has 3 nitrogen and oxygen atoms in total. The molecule has 0 spiro atoms. The zero-order chi connectivity index (χ0) is 12.3. The van der Waals surface area contributed by atoms with E-state index < -0.39 is 5.91 Å². The number of thioether (sulfide) groups is 1. The molecule has 17 heavy (non-hydrogen) atoms. The Morgan fingerprint density at radius 2 is 2.06 bits per heavy atom. The third-order valence-corrected chi connectivity index (χ3v) is 4.63. The Kier molecular flexibility index (Phi) is 3.94. The third-order valence-electron chi connectivity index (χ3n) is 3.25. The van der Waals surface area contributed by atoms with Crippen molar-refractivity contribution in [3.8, 4) is 0 Å². The van der Waals surface area contributed by atoms with Gasteiger partial charge in [0.2, 0.25) is 5.91 Å². The predicted molar refractivity (Wildman–Crippen MR) is 72.1 cm³/mol. The summed E-state index contributed by atoms with van der Waals surface area (Å²) in [5.74, 6) is 1.40. The van der Waals surface area contributed by atoms with Crippen molar-refractivity contribution in [2.75, 3.05) is 11.5 Å². The van der Waals surface area contributed by atoms with Gasteiger partial charge in [0.25, 0.3) is 0 Å². The first-order chi connectivity index (χ1) is 8.18. The number of anilines is 1. The molecule has 0 bridgehead atoms. The highest BCUT2D eigenvalue weighted by Crippen LogP contribution is 2.34. The summed E-state index contributed by atoms with van der Waals surface area (Å²) in [6, 6.07) is 5.34. The van der Waals surface area contributed by atoms with Gasteiger partial charge in [-0.25, -0.2) is 0 Å². The summed E-state index contributed by atoms with van der Waals surface area (Å²) >= 11 is 1.67. The Morgan fingerprint density at radius 1 is 1.35 bits per heavy atom. The lowest BCUT2D eigenvalue weighted by Crippen LogP contribution is -2.13. The standard InChI is InChI=1S/C13H18N2OS/c14-11-7-3-6-10(13(15)16)12(11)17-8-9-4-1-2-5-9/h3,6-7,9H,1-2,4-5,8,14H2,(H2,15,16). The van der Waals surface area contributed by atoms with Gasteiger partial charge >= 0.3 is 0 Å². The fourth-order valence-corrected chi connectivity index (χ4v) is 3.58. The van der Waals surface area contributed by atoms with E-state index in [1.807, 2.05) is 6.07 Å². The molecule has 1 fully saturated rings. The topological polar surface area (TPSA) is 69.1 Å². The Bertz CT molecular complexity index is 414. The molecule has 1 aliphatic carbocycles. The van der Waals surface area contributed by atoms with E-state index in [1.54, 1.807) is 23.9 Å². The van der Waals surface area contributed by atoms with E-state index >= 15 is 0 Å². The Morgan fingerprint density at radius 3 is 2.71 bits per heavy atom. The molecule has 4 heteroatoms. The lowest BCUT2D eigenvalue weighted by Gasteiger charge is -2.12. The lowest BCUT2D eigenvalue weighted by molar-refractivity contribution is 0.0997. The third kappa shape index (κ3) is 2.94. The number of nitrogen functional groups attached to an aromatic ring is 1. The summed E-state index contributed by atoms with van der Waals surface area (Å²) < 4.78 is 0. The zero-order valence-corrected chi connectivity index (χ0v) is 10.6. The SMILES string of the molecule is NC(=O)c1cccc(N)c1SCC1CCCC1. The van der Waals surface area contributed by atoms with Gasteiger partial charge in [0.15, 0.2) is 0 Å². The van der Waals surface area contributed by atoms with E-state index in [4.69, 9.17) is 11.5 Å². The maximum Gasteiger partial charge on any atom is 0.249 e. The molecule has 92 valence electrons. The van der Waals surface area contributed by atoms with Gasteiger partial charge in [-0.1, -0.05) is 18.9 Å². The molecule has 1 aromatic carbocycles. The van der Waals surface area contributed by atoms with Crippen molar-refractivity contribution < 1.29 is 4.79 Å². The first-order valence-corrected chi connectivity index (χ1v) is 6.98. The second kappa shape index (κ2) is 5.45. The van der Waals surface area contributed by atoms with Gasteiger partial charge in [-0.05, 0) is 30.9 Å². The smallest absolute Gasteiger partial charge is 0.249 e. The number of carbonyl (C=O) groups excluding carboxylic acids is 1. The molecule has 1 aliphatic rings. The molecule has 1 amide bonds. The van der Waals surface area contributed by atoms with Crippen LogP contribution < -0.4 is 11.5 Å². The van der Waals surface area contributed by atoms with Gasteiger partial charge < -0.3 is 11.5 Å². The minimum atomic E-state index is -0.397. The largest absolute Gasteiger partial charge is 0.398 e. The molecule has 0 radical (unpaired) electrons. The number of nitrogens with two attached hydrogens (primary N) is 2. The number of hydrogen-bond donors (Lipinski definition) is 2. The van der Waals surface area contributed by atoms with Crippen molar-refractivity contribution in [1.82, 2.24) is 0 Å². The van der Waals surface area contributed by atoms with E-state index in [-0.39, 0.29) is 0 Å². The fraction of sp³-hybridized carbons (Fsp3) is 0.462. The van der Waals surface area contributed by atoms with Crippen LogP contribution in [-0.4, -0.2) is 11.7 Å². The highest BCUT2D eigenvalue weighted by molar-refractivity contribution is 7.99. The number of hydrogen-bond acceptors (Lipinski definition) is 3. The minimum Gasteiger partial charge on any atom is -0.398 e. The fourth-order valence-electron chi connectivity index (χ4n) is 2.29. The number of primary amides is 1. The van der Waals surface area contributed by atoms with Gasteiger partial charge in [-0.15, -0.1) is 11.8 Å². The second-order valence-corrected chi connectivity index (χ2v) is 5.58. The van der Waals surface area contributed by atoms with Crippen LogP contribution in [0.15, 0.2) is 23.1 Å². The van der Waals surface area contributed by atoms with Crippen LogP contribution in [0.1, 0.15) is 36.0 Å². The Balaban J connectivity index is 2.10. The van der Waals surface area contributed by atoms with Gasteiger partial charge in [0, 0.05) is 16.3 Å². The highest BCUT2D eigenvalue weighted by Gasteiger charge is 2.17. The van der Waals surface area contributed by atoms with Gasteiger partial charge in [0.05, 0.1) is 5.56 Å². The van der Waals surface area contributed by atoms with Crippen molar-refractivity contribution in [3.05, 3.63) is 23.8 Å². The molecule has 1 aromatic rings. The molecule has 0 atom stereocenters. The molecule has 0 aliphatic heterocycles. The lowest BCUT2D eigenvalue weighted by atomic mass is 10.1. The van der Waals surface area contributed by atoms with Crippen molar-refractivity contribution in [3.63, 3.8) is 0 Å². The summed E-state index contributed by atoms with van der Waals surface area (Å²) in [7, 11) is 0. The molecule has 0 saturated heterocycles. The van der Waals surface area contributed by atoms with Gasteiger partial charge in [0.1, 0.15) is 0 Å². The maximum absolute atomic E-state index is 11.3. The van der Waals surface area contributed by atoms with Crippen molar-refractivity contribution in [2.45, 2.75) is 30.6 Å². The monoisotopic (exact) mass is 250 g/mol. The molecule has 0 aromatic heterocycles. The summed E-state index contributed by atoms with van der Waals surface area (Å²) in [6.07, 6.45) is 5.26. The summed E-state index contributed by atoms with van der Waals surface area (Å²) in [5, 5.41) is 0. The molecule has 2 rings (SSSR count). The molecule has 0 unspecified atom stereocenters. The average Bonchev–Trinajstić information content (AvgIpc) is 2.80. The van der Waals surface area contributed by atoms with E-state index in [0.717, 1.165) is 16.6 Å². The molecule has 1 saturated carbocycles. The number of rotatable bonds is 4. The van der Waals surface area contributed by atoms with E-state index in [0.29, 0.717) is 11.3 Å². The van der Waals surface area contributed by atoms with Crippen LogP contribution in [-0.2, 0) is 0 Å². The van der Waals surface area contributed by atoms with Crippen LogP contribution >= 0.6 is 11.8 Å². The van der Waals surface area contributed by atoms with Crippen molar-refractivity contribution in [1.29, 1.82) is 0 Å². The minimum absolute atomic E-state index is 0.397. The van der Waals surface area contributed by atoms with Crippen LogP contribution in [0.5, 0.6) is 0 Å². The van der Waals surface area contributed by atoms with Crippen LogP contribution in [0.2, 0.25) is 0 Å². The number of carbonyl (C=O) groups is 1. The molecule has 0 heterocycles. The van der Waals surface area contributed by atoms with E-state index in [9.17, 15) is 4.79 Å². The summed E-state index contributed by atoms with van der Waals surface area (Å²) in [5.41, 5.74) is 12.5. The molecule has 4 N–H and O–H groups in total. The van der Waals surface area contributed by atoms with Crippen LogP contribution in [0, 0.1) is 5.92 Å². The first-order valence-electron chi connectivity index (χ1n) is 5.99. The first kappa shape index (κ1) is 12.3. The Hall–Kier alpha value is -1.16. The van der Waals surface area contributed by atoms with Crippen LogP contribution in [0.25, 0.3) is 0 Å². The average molecular weight is 250 g/mol. The summed E-state index contributed by atoms with van der Waals surface area (Å²) in [6.45, 7) is 0. The van der Waals surface area contributed by atoms with Crippen LogP contribution in [0.4, 0.5) is 5.69 Å². The quantitative estimate of drug-likeness (QED) is 0.637. The number of benzene rings is 1. The zero-order valence-electron chi connectivity index (χ0n) is 9.82. The second-order valence-electron chi connectivity index (χ2n) is 4.55. The van der Waals surface area contributed by atoms with E-state index in [1.165, 1.54) is 25.7 Å².